The van der Waals surface area contributed by atoms with Gasteiger partial charge in [-0.1, -0.05) is 45.4 Å². The highest BCUT2D eigenvalue weighted by Gasteiger charge is 1.93. The zero-order valence-corrected chi connectivity index (χ0v) is 9.04. The molecule has 0 atom stereocenters. The first-order valence-corrected chi connectivity index (χ1v) is 5.05. The first-order valence-electron chi connectivity index (χ1n) is 3.55. The van der Waals surface area contributed by atoms with Crippen LogP contribution in [0.2, 0.25) is 5.02 Å². The summed E-state index contributed by atoms with van der Waals surface area (Å²) in [7, 11) is 0. The van der Waals surface area contributed by atoms with Crippen LogP contribution < -0.4 is 0 Å². The number of hydrogen-bond acceptors (Lipinski definition) is 0. The normalized spacial score (nSPS) is 8.92. The number of benzene rings is 1. The first kappa shape index (κ1) is 9.64. The molecule has 0 fully saturated rings. The van der Waals surface area contributed by atoms with Crippen molar-refractivity contribution in [2.45, 2.75) is 6.92 Å². The minimum absolute atomic E-state index is 0.693. The highest BCUT2D eigenvalue weighted by Crippen LogP contribution is 2.15. The van der Waals surface area contributed by atoms with Gasteiger partial charge in [-0.3, -0.25) is 0 Å². The lowest BCUT2D eigenvalue weighted by molar-refractivity contribution is 1.46. The molecule has 1 aromatic carbocycles. The maximum atomic E-state index is 5.91. The molecule has 0 heterocycles. The molecule has 0 bridgehead atoms. The molecule has 0 spiro atoms. The Bertz CT molecular complexity index is 333. The molecule has 2 heteroatoms. The number of aryl methyl sites for hydroxylation is 1. The second kappa shape index (κ2) is 4.54. The Kier molecular flexibility index (Phi) is 3.65. The SMILES string of the molecule is Cc1ccc(C#CCBr)cc1Cl. The summed E-state index contributed by atoms with van der Waals surface area (Å²) in [6.45, 7) is 1.98. The van der Waals surface area contributed by atoms with Gasteiger partial charge in [0, 0.05) is 10.6 Å². The second-order valence-corrected chi connectivity index (χ2v) is 3.37. The Labute approximate surface area is 86.1 Å². The third kappa shape index (κ3) is 2.55. The van der Waals surface area contributed by atoms with Gasteiger partial charge in [0.25, 0.3) is 0 Å². The Hall–Kier alpha value is -0.450. The van der Waals surface area contributed by atoms with Crippen molar-refractivity contribution in [1.82, 2.24) is 0 Å². The Balaban J connectivity index is 2.97. The standard InChI is InChI=1S/C10H8BrCl/c1-8-4-5-9(3-2-6-11)7-10(8)12/h4-5,7H,6H2,1H3. The molecule has 0 aliphatic heterocycles. The van der Waals surface area contributed by atoms with E-state index in [0.717, 1.165) is 16.1 Å². The molecule has 0 nitrogen and oxygen atoms in total. The van der Waals surface area contributed by atoms with Crippen molar-refractivity contribution >= 4 is 27.5 Å². The van der Waals surface area contributed by atoms with Gasteiger partial charge < -0.3 is 0 Å². The van der Waals surface area contributed by atoms with Crippen molar-refractivity contribution in [1.29, 1.82) is 0 Å². The Morgan fingerprint density at radius 1 is 1.50 bits per heavy atom. The Morgan fingerprint density at radius 2 is 2.25 bits per heavy atom. The molecule has 0 saturated heterocycles. The van der Waals surface area contributed by atoms with E-state index in [0.29, 0.717) is 5.33 Å². The molecule has 0 aliphatic rings. The van der Waals surface area contributed by atoms with E-state index < -0.39 is 0 Å². The van der Waals surface area contributed by atoms with Gasteiger partial charge in [0.2, 0.25) is 0 Å². The van der Waals surface area contributed by atoms with Crippen LogP contribution in [0.1, 0.15) is 11.1 Å². The molecule has 0 aromatic heterocycles. The monoisotopic (exact) mass is 242 g/mol. The van der Waals surface area contributed by atoms with Crippen molar-refractivity contribution < 1.29 is 0 Å². The van der Waals surface area contributed by atoms with Crippen LogP contribution in [0.3, 0.4) is 0 Å². The van der Waals surface area contributed by atoms with Gasteiger partial charge in [0.1, 0.15) is 0 Å². The molecule has 1 aromatic rings. The molecule has 62 valence electrons. The molecule has 0 radical (unpaired) electrons. The van der Waals surface area contributed by atoms with Gasteiger partial charge in [0.05, 0.1) is 5.33 Å². The van der Waals surface area contributed by atoms with Crippen LogP contribution in [-0.4, -0.2) is 5.33 Å². The predicted octanol–water partition coefficient (Wildman–Crippen LogP) is 3.39. The third-order valence-electron chi connectivity index (χ3n) is 1.47. The highest BCUT2D eigenvalue weighted by molar-refractivity contribution is 9.09. The van der Waals surface area contributed by atoms with E-state index in [1.165, 1.54) is 0 Å². The lowest BCUT2D eigenvalue weighted by Gasteiger charge is -1.96. The summed E-state index contributed by atoms with van der Waals surface area (Å²) in [4.78, 5) is 0. The second-order valence-electron chi connectivity index (χ2n) is 2.40. The largest absolute Gasteiger partial charge is 0.0863 e. The van der Waals surface area contributed by atoms with E-state index in [-0.39, 0.29) is 0 Å². The molecule has 0 N–H and O–H groups in total. The van der Waals surface area contributed by atoms with Crippen LogP contribution >= 0.6 is 27.5 Å². The molecule has 0 unspecified atom stereocenters. The molecule has 0 aliphatic carbocycles. The summed E-state index contributed by atoms with van der Waals surface area (Å²) < 4.78 is 0. The number of rotatable bonds is 0. The van der Waals surface area contributed by atoms with Crippen molar-refractivity contribution in [2.24, 2.45) is 0 Å². The molecule has 0 saturated carbocycles. The average Bonchev–Trinajstić information content (AvgIpc) is 2.07. The maximum absolute atomic E-state index is 5.91. The maximum Gasteiger partial charge on any atom is 0.0649 e. The molecule has 0 amide bonds. The number of alkyl halides is 1. The van der Waals surface area contributed by atoms with Gasteiger partial charge in [-0.25, -0.2) is 0 Å². The topological polar surface area (TPSA) is 0 Å². The Morgan fingerprint density at radius 3 is 2.83 bits per heavy atom. The fourth-order valence-electron chi connectivity index (χ4n) is 0.806. The van der Waals surface area contributed by atoms with Crippen LogP contribution in [0.15, 0.2) is 18.2 Å². The molecular weight excluding hydrogens is 235 g/mol. The summed E-state index contributed by atoms with van der Waals surface area (Å²) in [5.74, 6) is 5.90. The minimum atomic E-state index is 0.693. The van der Waals surface area contributed by atoms with E-state index in [1.807, 2.05) is 25.1 Å². The third-order valence-corrected chi connectivity index (χ3v) is 2.16. The van der Waals surface area contributed by atoms with Gasteiger partial charge in [0.15, 0.2) is 0 Å². The highest BCUT2D eigenvalue weighted by atomic mass is 79.9. The average molecular weight is 244 g/mol. The van der Waals surface area contributed by atoms with Crippen LogP contribution in [0.25, 0.3) is 0 Å². The van der Waals surface area contributed by atoms with Crippen LogP contribution in [0, 0.1) is 18.8 Å². The van der Waals surface area contributed by atoms with E-state index in [9.17, 15) is 0 Å². The van der Waals surface area contributed by atoms with Gasteiger partial charge in [-0.2, -0.15) is 0 Å². The summed E-state index contributed by atoms with van der Waals surface area (Å²) in [6, 6.07) is 5.82. The quantitative estimate of drug-likeness (QED) is 0.484. The molecular formula is C10H8BrCl. The van der Waals surface area contributed by atoms with Crippen molar-refractivity contribution in [2.75, 3.05) is 5.33 Å². The number of halogens is 2. The summed E-state index contributed by atoms with van der Waals surface area (Å²) >= 11 is 9.15. The van der Waals surface area contributed by atoms with Crippen molar-refractivity contribution in [3.05, 3.63) is 34.3 Å². The lowest BCUT2D eigenvalue weighted by Crippen LogP contribution is -1.78. The fourth-order valence-corrected chi connectivity index (χ4v) is 1.13. The summed E-state index contributed by atoms with van der Waals surface area (Å²) in [5, 5.41) is 1.47. The number of hydrogen-bond donors (Lipinski definition) is 0. The van der Waals surface area contributed by atoms with Crippen LogP contribution in [0.5, 0.6) is 0 Å². The van der Waals surface area contributed by atoms with E-state index in [1.54, 1.807) is 0 Å². The zero-order chi connectivity index (χ0) is 8.97. The molecule has 12 heavy (non-hydrogen) atoms. The molecule has 1 rings (SSSR count). The van der Waals surface area contributed by atoms with Crippen molar-refractivity contribution in [3.8, 4) is 11.8 Å². The van der Waals surface area contributed by atoms with E-state index >= 15 is 0 Å². The smallest absolute Gasteiger partial charge is 0.0649 e. The summed E-state index contributed by atoms with van der Waals surface area (Å²) in [5.41, 5.74) is 2.05. The lowest BCUT2D eigenvalue weighted by atomic mass is 10.1. The van der Waals surface area contributed by atoms with E-state index in [2.05, 4.69) is 27.8 Å². The van der Waals surface area contributed by atoms with Crippen LogP contribution in [0.4, 0.5) is 0 Å². The predicted molar refractivity (Wildman–Crippen MR) is 56.9 cm³/mol. The van der Waals surface area contributed by atoms with Gasteiger partial charge >= 0.3 is 0 Å². The van der Waals surface area contributed by atoms with Crippen molar-refractivity contribution in [3.63, 3.8) is 0 Å². The van der Waals surface area contributed by atoms with Gasteiger partial charge in [-0.15, -0.1) is 0 Å². The zero-order valence-electron chi connectivity index (χ0n) is 6.70. The summed E-state index contributed by atoms with van der Waals surface area (Å²) in [6.07, 6.45) is 0. The van der Waals surface area contributed by atoms with Gasteiger partial charge in [-0.05, 0) is 24.6 Å². The fraction of sp³-hybridized carbons (Fsp3) is 0.200. The van der Waals surface area contributed by atoms with E-state index in [4.69, 9.17) is 11.6 Å². The minimum Gasteiger partial charge on any atom is -0.0863 e. The van der Waals surface area contributed by atoms with Crippen LogP contribution in [-0.2, 0) is 0 Å². The first-order chi connectivity index (χ1) is 5.74.